The van der Waals surface area contributed by atoms with Gasteiger partial charge in [-0.3, -0.25) is 0 Å². The molecule has 1 aliphatic rings. The number of sulfonamides is 1. The van der Waals surface area contributed by atoms with Crippen molar-refractivity contribution in [2.75, 3.05) is 25.5 Å². The molecule has 1 aromatic heterocycles. The summed E-state index contributed by atoms with van der Waals surface area (Å²) in [5, 5.41) is 0. The Morgan fingerprint density at radius 3 is 2.70 bits per heavy atom. The van der Waals surface area contributed by atoms with Gasteiger partial charge in [0.25, 0.3) is 10.0 Å². The van der Waals surface area contributed by atoms with E-state index in [1.165, 1.54) is 0 Å². The molecule has 4 nitrogen and oxygen atoms in total. The van der Waals surface area contributed by atoms with E-state index in [-0.39, 0.29) is 6.04 Å². The first-order valence-corrected chi connectivity index (χ1v) is 10.1. The largest absolute Gasteiger partial charge is 0.378 e. The number of hydrogen-bond acceptors (Lipinski definition) is 4. The second kappa shape index (κ2) is 6.43. The van der Waals surface area contributed by atoms with Crippen molar-refractivity contribution in [2.24, 2.45) is 0 Å². The van der Waals surface area contributed by atoms with Gasteiger partial charge in [0.1, 0.15) is 4.21 Å². The number of halogens is 1. The molecule has 124 valence electrons. The minimum atomic E-state index is -3.49. The monoisotopic (exact) mass is 370 g/mol. The zero-order chi connectivity index (χ0) is 16.6. The molecule has 1 aromatic carbocycles. The Morgan fingerprint density at radius 2 is 2.04 bits per heavy atom. The summed E-state index contributed by atoms with van der Waals surface area (Å²) in [5.74, 6) is 0. The fourth-order valence-electron chi connectivity index (χ4n) is 2.92. The summed E-state index contributed by atoms with van der Waals surface area (Å²) in [7, 11) is 0.470. The highest BCUT2D eigenvalue weighted by atomic mass is 35.5. The molecule has 1 aliphatic heterocycles. The first kappa shape index (κ1) is 16.8. The van der Waals surface area contributed by atoms with Crippen molar-refractivity contribution in [3.63, 3.8) is 0 Å². The van der Waals surface area contributed by atoms with Crippen molar-refractivity contribution < 1.29 is 8.42 Å². The second-order valence-corrected chi connectivity index (χ2v) is 9.65. The molecule has 7 heteroatoms. The van der Waals surface area contributed by atoms with Crippen LogP contribution in [0.4, 0.5) is 5.69 Å². The van der Waals surface area contributed by atoms with Crippen LogP contribution in [0, 0.1) is 0 Å². The van der Waals surface area contributed by atoms with E-state index < -0.39 is 10.0 Å². The smallest absolute Gasteiger partial charge is 0.253 e. The Kier molecular flexibility index (Phi) is 4.69. The van der Waals surface area contributed by atoms with Gasteiger partial charge >= 0.3 is 0 Å². The number of anilines is 1. The van der Waals surface area contributed by atoms with Crippen molar-refractivity contribution in [1.82, 2.24) is 4.31 Å². The zero-order valence-corrected chi connectivity index (χ0v) is 15.5. The van der Waals surface area contributed by atoms with Crippen LogP contribution in [0.3, 0.4) is 0 Å². The fraction of sp³-hybridized carbons (Fsp3) is 0.375. The summed E-state index contributed by atoms with van der Waals surface area (Å²) in [5.41, 5.74) is 2.12. The van der Waals surface area contributed by atoms with Gasteiger partial charge < -0.3 is 4.90 Å². The molecule has 1 fully saturated rings. The lowest BCUT2D eigenvalue weighted by atomic mass is 10.0. The number of thiophene rings is 1. The molecule has 0 spiro atoms. The third kappa shape index (κ3) is 3.26. The Labute approximate surface area is 146 Å². The van der Waals surface area contributed by atoms with E-state index in [0.717, 1.165) is 35.4 Å². The molecule has 0 N–H and O–H groups in total. The van der Waals surface area contributed by atoms with Gasteiger partial charge in [-0.25, -0.2) is 8.42 Å². The highest BCUT2D eigenvalue weighted by Gasteiger charge is 2.37. The van der Waals surface area contributed by atoms with Gasteiger partial charge in [0, 0.05) is 26.3 Å². The van der Waals surface area contributed by atoms with Crippen molar-refractivity contribution in [1.29, 1.82) is 0 Å². The lowest BCUT2D eigenvalue weighted by Crippen LogP contribution is -2.30. The summed E-state index contributed by atoms with van der Waals surface area (Å²) in [6, 6.07) is 11.2. The number of nitrogens with zero attached hydrogens (tertiary/aromatic N) is 2. The first-order valence-electron chi connectivity index (χ1n) is 7.44. The summed E-state index contributed by atoms with van der Waals surface area (Å²) in [6.07, 6.45) is 1.71. The molecule has 1 unspecified atom stereocenters. The lowest BCUT2D eigenvalue weighted by molar-refractivity contribution is 0.398. The Bertz CT molecular complexity index is 802. The van der Waals surface area contributed by atoms with Gasteiger partial charge in [-0.2, -0.15) is 4.31 Å². The molecule has 0 bridgehead atoms. The van der Waals surface area contributed by atoms with Gasteiger partial charge in [0.2, 0.25) is 0 Å². The minimum absolute atomic E-state index is 0.110. The molecule has 1 saturated heterocycles. The molecular formula is C16H19ClN2O2S2. The van der Waals surface area contributed by atoms with Crippen molar-refractivity contribution in [3.8, 4) is 0 Å². The van der Waals surface area contributed by atoms with Gasteiger partial charge in [-0.1, -0.05) is 23.7 Å². The number of hydrogen-bond donors (Lipinski definition) is 0. The molecule has 0 saturated carbocycles. The van der Waals surface area contributed by atoms with E-state index >= 15 is 0 Å². The first-order chi connectivity index (χ1) is 10.9. The van der Waals surface area contributed by atoms with Crippen molar-refractivity contribution in [2.45, 2.75) is 23.1 Å². The normalized spacial score (nSPS) is 19.2. The molecule has 3 rings (SSSR count). The maximum absolute atomic E-state index is 12.9. The van der Waals surface area contributed by atoms with E-state index in [9.17, 15) is 8.42 Å². The zero-order valence-electron chi connectivity index (χ0n) is 13.1. The number of benzene rings is 1. The van der Waals surface area contributed by atoms with E-state index in [1.54, 1.807) is 16.4 Å². The van der Waals surface area contributed by atoms with Crippen LogP contribution >= 0.6 is 22.9 Å². The van der Waals surface area contributed by atoms with Crippen LogP contribution in [-0.2, 0) is 10.0 Å². The van der Waals surface area contributed by atoms with Gasteiger partial charge in [-0.05, 0) is 42.7 Å². The van der Waals surface area contributed by atoms with Crippen LogP contribution in [0.1, 0.15) is 24.4 Å². The van der Waals surface area contributed by atoms with Crippen LogP contribution in [0.25, 0.3) is 0 Å². The maximum atomic E-state index is 12.9. The highest BCUT2D eigenvalue weighted by molar-refractivity contribution is 7.91. The van der Waals surface area contributed by atoms with Crippen LogP contribution < -0.4 is 4.90 Å². The molecule has 0 radical (unpaired) electrons. The van der Waals surface area contributed by atoms with Gasteiger partial charge in [-0.15, -0.1) is 11.3 Å². The summed E-state index contributed by atoms with van der Waals surface area (Å²) in [4.78, 5) is 2.02. The van der Waals surface area contributed by atoms with Gasteiger partial charge in [0.05, 0.1) is 10.4 Å². The Morgan fingerprint density at radius 1 is 1.26 bits per heavy atom. The predicted molar refractivity (Wildman–Crippen MR) is 96.0 cm³/mol. The summed E-state index contributed by atoms with van der Waals surface area (Å²) < 4.78 is 28.3. The second-order valence-electron chi connectivity index (χ2n) is 5.82. The van der Waals surface area contributed by atoms with Gasteiger partial charge in [0.15, 0.2) is 0 Å². The van der Waals surface area contributed by atoms with Crippen LogP contribution in [-0.4, -0.2) is 33.4 Å². The molecule has 0 aliphatic carbocycles. The molecule has 2 aromatic rings. The molecule has 23 heavy (non-hydrogen) atoms. The molecule has 0 amide bonds. The van der Waals surface area contributed by atoms with Crippen LogP contribution in [0.5, 0.6) is 0 Å². The van der Waals surface area contributed by atoms with Crippen LogP contribution in [0.2, 0.25) is 4.34 Å². The Balaban J connectivity index is 1.96. The molecule has 2 heterocycles. The van der Waals surface area contributed by atoms with Crippen LogP contribution in [0.15, 0.2) is 40.6 Å². The fourth-order valence-corrected chi connectivity index (χ4v) is 6.22. The van der Waals surface area contributed by atoms with E-state index in [4.69, 9.17) is 11.6 Å². The minimum Gasteiger partial charge on any atom is -0.378 e. The predicted octanol–water partition coefficient (Wildman–Crippen LogP) is 3.99. The third-order valence-electron chi connectivity index (χ3n) is 4.09. The summed E-state index contributed by atoms with van der Waals surface area (Å²) in [6.45, 7) is 0.550. The lowest BCUT2D eigenvalue weighted by Gasteiger charge is -2.25. The van der Waals surface area contributed by atoms with Crippen molar-refractivity contribution in [3.05, 3.63) is 46.3 Å². The molecular weight excluding hydrogens is 352 g/mol. The average molecular weight is 371 g/mol. The molecule has 1 atom stereocenters. The standard InChI is InChI=1S/C16H19ClN2O2S2/c1-18(2)13-6-3-5-12(11-13)14-7-4-10-19(14)23(20,21)16-9-8-15(17)22-16/h3,5-6,8-9,11,14H,4,7,10H2,1-2H3. The van der Waals surface area contributed by atoms with E-state index in [2.05, 4.69) is 6.07 Å². The average Bonchev–Trinajstić information content (AvgIpc) is 3.16. The van der Waals surface area contributed by atoms with E-state index in [1.807, 2.05) is 37.2 Å². The topological polar surface area (TPSA) is 40.6 Å². The quantitative estimate of drug-likeness (QED) is 0.816. The van der Waals surface area contributed by atoms with Crippen molar-refractivity contribution >= 4 is 38.6 Å². The highest BCUT2D eigenvalue weighted by Crippen LogP contribution is 2.39. The maximum Gasteiger partial charge on any atom is 0.253 e. The summed E-state index contributed by atoms with van der Waals surface area (Å²) >= 11 is 7.03. The van der Waals surface area contributed by atoms with E-state index in [0.29, 0.717) is 15.1 Å². The SMILES string of the molecule is CN(C)c1cccc(C2CCCN2S(=O)(=O)c2ccc(Cl)s2)c1. The third-order valence-corrected chi connectivity index (χ3v) is 7.69. The number of rotatable bonds is 4. The Hall–Kier alpha value is -1.08.